The number of carbonyl (C=O) groups is 2. The van der Waals surface area contributed by atoms with E-state index in [0.717, 1.165) is 4.57 Å². The molecule has 0 aliphatic carbocycles. The zero-order valence-electron chi connectivity index (χ0n) is 17.5. The average molecular weight is 413 g/mol. The maximum atomic E-state index is 15.8. The summed E-state index contributed by atoms with van der Waals surface area (Å²) in [6, 6.07) is 0. The minimum absolute atomic E-state index is 0.0232. The molecule has 29 heavy (non-hydrogen) atoms. The molecule has 1 aromatic rings. The van der Waals surface area contributed by atoms with Crippen molar-refractivity contribution in [3.8, 4) is 0 Å². The second kappa shape index (κ2) is 8.48. The number of ether oxygens (including phenoxy) is 3. The third-order valence-electron chi connectivity index (χ3n) is 4.68. The normalized spacial score (nSPS) is 26.7. The highest BCUT2D eigenvalue weighted by molar-refractivity contribution is 5.72. The monoisotopic (exact) mass is 413 g/mol. The van der Waals surface area contributed by atoms with E-state index < -0.39 is 53.6 Å². The predicted octanol–water partition coefficient (Wildman–Crippen LogP) is 1.53. The number of aryl methyl sites for hydroxylation is 1. The van der Waals surface area contributed by atoms with Gasteiger partial charge in [0.2, 0.25) is 0 Å². The van der Waals surface area contributed by atoms with Crippen molar-refractivity contribution in [2.45, 2.75) is 65.6 Å². The van der Waals surface area contributed by atoms with Gasteiger partial charge in [0.05, 0.1) is 11.8 Å². The van der Waals surface area contributed by atoms with Crippen LogP contribution in [0.25, 0.3) is 0 Å². The maximum absolute atomic E-state index is 15.8. The Morgan fingerprint density at radius 1 is 1.31 bits per heavy atom. The Morgan fingerprint density at radius 3 is 2.45 bits per heavy atom. The third kappa shape index (κ3) is 4.75. The molecule has 0 bridgehead atoms. The van der Waals surface area contributed by atoms with Crippen LogP contribution in [0.1, 0.15) is 46.4 Å². The van der Waals surface area contributed by atoms with Crippen LogP contribution in [0.3, 0.4) is 0 Å². The fourth-order valence-electron chi connectivity index (χ4n) is 2.87. The van der Waals surface area contributed by atoms with Crippen molar-refractivity contribution in [1.29, 1.82) is 0 Å². The lowest BCUT2D eigenvalue weighted by atomic mass is 9.97. The molecule has 162 valence electrons. The fourth-order valence-corrected chi connectivity index (χ4v) is 2.87. The van der Waals surface area contributed by atoms with Crippen molar-refractivity contribution in [2.75, 3.05) is 12.3 Å². The summed E-state index contributed by atoms with van der Waals surface area (Å²) in [5.41, 5.74) is 2.98. The quantitative estimate of drug-likeness (QED) is 0.697. The number of esters is 2. The van der Waals surface area contributed by atoms with Crippen molar-refractivity contribution < 1.29 is 28.2 Å². The van der Waals surface area contributed by atoms with Crippen LogP contribution in [0.15, 0.2) is 11.0 Å². The van der Waals surface area contributed by atoms with Crippen LogP contribution >= 0.6 is 0 Å². The lowest BCUT2D eigenvalue weighted by Gasteiger charge is -2.28. The van der Waals surface area contributed by atoms with E-state index in [2.05, 4.69) is 4.98 Å². The smallest absolute Gasteiger partial charge is 0.351 e. The maximum Gasteiger partial charge on any atom is 0.351 e. The summed E-state index contributed by atoms with van der Waals surface area (Å²) in [7, 11) is 0. The van der Waals surface area contributed by atoms with Crippen LogP contribution in [-0.2, 0) is 23.8 Å². The molecule has 2 heterocycles. The van der Waals surface area contributed by atoms with Crippen molar-refractivity contribution in [2.24, 2.45) is 11.8 Å². The first-order valence-corrected chi connectivity index (χ1v) is 9.43. The molecule has 1 saturated heterocycles. The lowest BCUT2D eigenvalue weighted by Crippen LogP contribution is -2.46. The van der Waals surface area contributed by atoms with E-state index in [4.69, 9.17) is 19.9 Å². The summed E-state index contributed by atoms with van der Waals surface area (Å²) < 4.78 is 33.0. The van der Waals surface area contributed by atoms with Gasteiger partial charge in [-0.2, -0.15) is 4.98 Å². The molecule has 0 radical (unpaired) electrons. The first kappa shape index (κ1) is 22.8. The summed E-state index contributed by atoms with van der Waals surface area (Å²) >= 11 is 0. The molecule has 0 aromatic carbocycles. The largest absolute Gasteiger partial charge is 0.463 e. The molecule has 0 amide bonds. The molecule has 0 spiro atoms. The van der Waals surface area contributed by atoms with Gasteiger partial charge < -0.3 is 19.9 Å². The molecule has 0 saturated carbocycles. The lowest BCUT2D eigenvalue weighted by molar-refractivity contribution is -0.165. The number of aromatic nitrogens is 2. The number of halogens is 1. The highest BCUT2D eigenvalue weighted by Crippen LogP contribution is 2.43. The molecular formula is C19H28FN3O6. The first-order chi connectivity index (χ1) is 13.4. The Balaban J connectivity index is 2.39. The summed E-state index contributed by atoms with van der Waals surface area (Å²) in [6.07, 6.45) is -2.62. The standard InChI is InChI=1S/C19H28FN3O6/c1-9(2)15(24)27-8-12-13(29-16(25)10(3)4)19(6,20)17(28-12)23-7-11(5)14(21)22-18(23)26/h7,9-10,12-13,17H,8H2,1-6H3,(H2,21,22,26)/t12-,13-,17-,19-/m1/s1. The van der Waals surface area contributed by atoms with E-state index in [9.17, 15) is 14.4 Å². The zero-order chi connectivity index (χ0) is 22.1. The van der Waals surface area contributed by atoms with E-state index in [1.54, 1.807) is 34.6 Å². The van der Waals surface area contributed by atoms with Crippen LogP contribution in [0.2, 0.25) is 0 Å². The van der Waals surface area contributed by atoms with E-state index in [1.807, 2.05) is 0 Å². The highest BCUT2D eigenvalue weighted by atomic mass is 19.1. The van der Waals surface area contributed by atoms with E-state index >= 15 is 4.39 Å². The van der Waals surface area contributed by atoms with Gasteiger partial charge in [-0.25, -0.2) is 9.18 Å². The van der Waals surface area contributed by atoms with E-state index in [1.165, 1.54) is 13.1 Å². The van der Waals surface area contributed by atoms with Gasteiger partial charge in [0.1, 0.15) is 18.5 Å². The predicted molar refractivity (Wildman–Crippen MR) is 102 cm³/mol. The molecule has 1 fully saturated rings. The number of nitrogens with zero attached hydrogens (tertiary/aromatic N) is 2. The SMILES string of the molecule is Cc1cn([C@@H]2O[C@H](COC(=O)C(C)C)[C@@H](OC(=O)C(C)C)[C@@]2(C)F)c(=O)nc1N. The van der Waals surface area contributed by atoms with Gasteiger partial charge in [-0.05, 0) is 13.8 Å². The van der Waals surface area contributed by atoms with Gasteiger partial charge in [-0.3, -0.25) is 14.2 Å². The summed E-state index contributed by atoms with van der Waals surface area (Å²) in [5, 5.41) is 0. The number of hydrogen-bond donors (Lipinski definition) is 1. The van der Waals surface area contributed by atoms with Gasteiger partial charge in [-0.1, -0.05) is 27.7 Å². The number of alkyl halides is 1. The van der Waals surface area contributed by atoms with Crippen molar-refractivity contribution >= 4 is 17.8 Å². The first-order valence-electron chi connectivity index (χ1n) is 9.43. The van der Waals surface area contributed by atoms with Gasteiger partial charge in [0.15, 0.2) is 18.0 Å². The second-order valence-electron chi connectivity index (χ2n) is 7.97. The number of hydrogen-bond acceptors (Lipinski definition) is 8. The van der Waals surface area contributed by atoms with E-state index in [0.29, 0.717) is 5.56 Å². The van der Waals surface area contributed by atoms with Crippen molar-refractivity contribution in [3.63, 3.8) is 0 Å². The molecule has 2 rings (SSSR count). The molecular weight excluding hydrogens is 385 g/mol. The Hall–Kier alpha value is -2.49. The average Bonchev–Trinajstić information content (AvgIpc) is 2.86. The van der Waals surface area contributed by atoms with E-state index in [-0.39, 0.29) is 12.4 Å². The van der Waals surface area contributed by atoms with Gasteiger partial charge in [0.25, 0.3) is 0 Å². The molecule has 9 nitrogen and oxygen atoms in total. The zero-order valence-corrected chi connectivity index (χ0v) is 17.5. The molecule has 2 N–H and O–H groups in total. The van der Waals surface area contributed by atoms with Gasteiger partial charge in [0, 0.05) is 11.8 Å². The molecule has 1 aliphatic rings. The third-order valence-corrected chi connectivity index (χ3v) is 4.68. The second-order valence-corrected chi connectivity index (χ2v) is 7.97. The van der Waals surface area contributed by atoms with Crippen LogP contribution in [-0.4, -0.2) is 46.0 Å². The topological polar surface area (TPSA) is 123 Å². The van der Waals surface area contributed by atoms with Crippen LogP contribution in [0.5, 0.6) is 0 Å². The van der Waals surface area contributed by atoms with Crippen LogP contribution in [0.4, 0.5) is 10.2 Å². The van der Waals surface area contributed by atoms with Gasteiger partial charge in [-0.15, -0.1) is 0 Å². The molecule has 1 aliphatic heterocycles. The van der Waals surface area contributed by atoms with Crippen LogP contribution < -0.4 is 11.4 Å². The molecule has 0 unspecified atom stereocenters. The van der Waals surface area contributed by atoms with Gasteiger partial charge >= 0.3 is 17.6 Å². The molecule has 1 aromatic heterocycles. The minimum Gasteiger partial charge on any atom is -0.463 e. The fraction of sp³-hybridized carbons (Fsp3) is 0.684. The Kier molecular flexibility index (Phi) is 6.67. The van der Waals surface area contributed by atoms with Crippen molar-refractivity contribution in [3.05, 3.63) is 22.2 Å². The summed E-state index contributed by atoms with van der Waals surface area (Å²) in [6.45, 7) is 8.96. The number of anilines is 1. The minimum atomic E-state index is -2.30. The number of nitrogens with two attached hydrogens (primary N) is 1. The molecule has 10 heteroatoms. The van der Waals surface area contributed by atoms with Crippen LogP contribution in [0, 0.1) is 18.8 Å². The Labute approximate surface area is 168 Å². The van der Waals surface area contributed by atoms with Crippen molar-refractivity contribution in [1.82, 2.24) is 9.55 Å². The number of nitrogen functional groups attached to an aromatic ring is 1. The molecule has 4 atom stereocenters. The summed E-state index contributed by atoms with van der Waals surface area (Å²) in [5.74, 6) is -2.02. The highest BCUT2D eigenvalue weighted by Gasteiger charge is 2.58. The number of rotatable bonds is 6. The Morgan fingerprint density at radius 2 is 1.90 bits per heavy atom. The summed E-state index contributed by atoms with van der Waals surface area (Å²) in [4.78, 5) is 39.9. The number of carbonyl (C=O) groups excluding carboxylic acids is 2. The Bertz CT molecular complexity index is 836.